The Hall–Kier alpha value is -2.04. The molecule has 0 aromatic heterocycles. The second-order valence-corrected chi connectivity index (χ2v) is 3.70. The number of nitrogens with one attached hydrogen (secondary N) is 1. The minimum Gasteiger partial charge on any atom is -0.449 e. The molecule has 5 heteroatoms. The Morgan fingerprint density at radius 2 is 2.06 bits per heavy atom. The van der Waals surface area contributed by atoms with Gasteiger partial charge in [0.05, 0.1) is 5.56 Å². The number of hydrogen-bond donors (Lipinski definition) is 2. The Morgan fingerprint density at radius 1 is 1.41 bits per heavy atom. The van der Waals surface area contributed by atoms with E-state index in [0.717, 1.165) is 5.56 Å². The number of nitrogen functional groups attached to an aromatic ring is 1. The van der Waals surface area contributed by atoms with Gasteiger partial charge < -0.3 is 15.8 Å². The van der Waals surface area contributed by atoms with Gasteiger partial charge in [0.2, 0.25) is 0 Å². The van der Waals surface area contributed by atoms with Crippen LogP contribution >= 0.6 is 0 Å². The largest absolute Gasteiger partial charge is 0.449 e. The molecular weight excluding hydrogens is 220 g/mol. The zero-order valence-electron chi connectivity index (χ0n) is 10.1. The first-order valence-electron chi connectivity index (χ1n) is 5.25. The van der Waals surface area contributed by atoms with E-state index in [0.29, 0.717) is 5.69 Å². The average molecular weight is 236 g/mol. The third-order valence-corrected chi connectivity index (χ3v) is 2.44. The lowest BCUT2D eigenvalue weighted by atomic mass is 10.1. The summed E-state index contributed by atoms with van der Waals surface area (Å²) >= 11 is 0. The smallest absolute Gasteiger partial charge is 0.341 e. The second-order valence-electron chi connectivity index (χ2n) is 3.70. The summed E-state index contributed by atoms with van der Waals surface area (Å²) in [5, 5.41) is 2.40. The van der Waals surface area contributed by atoms with Crippen LogP contribution in [0.2, 0.25) is 0 Å². The number of nitrogens with two attached hydrogens (primary N) is 1. The van der Waals surface area contributed by atoms with Gasteiger partial charge in [0.15, 0.2) is 6.10 Å². The maximum Gasteiger partial charge on any atom is 0.341 e. The fraction of sp³-hybridized carbons (Fsp3) is 0.333. The van der Waals surface area contributed by atoms with Crippen LogP contribution in [-0.2, 0) is 9.53 Å². The van der Waals surface area contributed by atoms with Gasteiger partial charge in [0.1, 0.15) is 0 Å². The standard InChI is InChI=1S/C12H16N2O3/c1-7-5-4-6-9(10(7)13)12(16)17-8(2)11(15)14-3/h4-6,8H,13H2,1-3H3,(H,14,15). The number of amides is 1. The first kappa shape index (κ1) is 13.0. The molecule has 3 N–H and O–H groups in total. The summed E-state index contributed by atoms with van der Waals surface area (Å²) in [6.45, 7) is 3.30. The van der Waals surface area contributed by atoms with Gasteiger partial charge in [-0.2, -0.15) is 0 Å². The predicted octanol–water partition coefficient (Wildman–Crippen LogP) is 0.869. The quantitative estimate of drug-likeness (QED) is 0.602. The Balaban J connectivity index is 2.84. The van der Waals surface area contributed by atoms with Gasteiger partial charge in [0.25, 0.3) is 5.91 Å². The molecule has 0 bridgehead atoms. The minimum absolute atomic E-state index is 0.278. The van der Waals surface area contributed by atoms with Crippen molar-refractivity contribution in [3.8, 4) is 0 Å². The lowest BCUT2D eigenvalue weighted by Gasteiger charge is -2.13. The molecule has 17 heavy (non-hydrogen) atoms. The van der Waals surface area contributed by atoms with E-state index < -0.39 is 12.1 Å². The first-order valence-corrected chi connectivity index (χ1v) is 5.25. The number of carbonyl (C=O) groups is 2. The van der Waals surface area contributed by atoms with E-state index in [2.05, 4.69) is 5.32 Å². The fourth-order valence-electron chi connectivity index (χ4n) is 1.34. The van der Waals surface area contributed by atoms with Gasteiger partial charge in [-0.1, -0.05) is 12.1 Å². The molecule has 1 amide bonds. The van der Waals surface area contributed by atoms with Gasteiger partial charge >= 0.3 is 5.97 Å². The summed E-state index contributed by atoms with van der Waals surface area (Å²) < 4.78 is 4.99. The Labute approximate surface area is 99.9 Å². The number of hydrogen-bond acceptors (Lipinski definition) is 4. The van der Waals surface area contributed by atoms with Crippen molar-refractivity contribution in [3.63, 3.8) is 0 Å². The third kappa shape index (κ3) is 2.96. The molecule has 0 saturated carbocycles. The first-order chi connectivity index (χ1) is 7.97. The molecule has 92 valence electrons. The van der Waals surface area contributed by atoms with Gasteiger partial charge in [-0.15, -0.1) is 0 Å². The maximum atomic E-state index is 11.8. The number of likely N-dealkylation sites (N-methyl/N-ethyl adjacent to an activating group) is 1. The number of carbonyl (C=O) groups excluding carboxylic acids is 2. The van der Waals surface area contributed by atoms with Crippen molar-refractivity contribution in [2.75, 3.05) is 12.8 Å². The van der Waals surface area contributed by atoms with Crippen LogP contribution in [0, 0.1) is 6.92 Å². The lowest BCUT2D eigenvalue weighted by Crippen LogP contribution is -2.33. The Morgan fingerprint density at radius 3 is 2.65 bits per heavy atom. The second kappa shape index (κ2) is 5.34. The Kier molecular flexibility index (Phi) is 4.09. The number of ether oxygens (including phenoxy) is 1. The van der Waals surface area contributed by atoms with E-state index in [4.69, 9.17) is 10.5 Å². The molecule has 1 unspecified atom stereocenters. The van der Waals surface area contributed by atoms with Crippen LogP contribution in [-0.4, -0.2) is 25.0 Å². The maximum absolute atomic E-state index is 11.8. The van der Waals surface area contributed by atoms with Crippen LogP contribution in [0.25, 0.3) is 0 Å². The van der Waals surface area contributed by atoms with Gasteiger partial charge in [-0.3, -0.25) is 4.79 Å². The van der Waals surface area contributed by atoms with E-state index in [9.17, 15) is 9.59 Å². The Bertz CT molecular complexity index is 443. The summed E-state index contributed by atoms with van der Waals surface area (Å²) in [6.07, 6.45) is -0.840. The number of benzene rings is 1. The van der Waals surface area contributed by atoms with E-state index in [1.54, 1.807) is 25.1 Å². The van der Waals surface area contributed by atoms with Crippen LogP contribution in [0.4, 0.5) is 5.69 Å². The summed E-state index contributed by atoms with van der Waals surface area (Å²) in [5.74, 6) is -0.952. The SMILES string of the molecule is CNC(=O)C(C)OC(=O)c1cccc(C)c1N. The van der Waals surface area contributed by atoms with Crippen molar-refractivity contribution in [3.05, 3.63) is 29.3 Å². The van der Waals surface area contributed by atoms with Crippen LogP contribution < -0.4 is 11.1 Å². The van der Waals surface area contributed by atoms with Crippen molar-refractivity contribution in [1.82, 2.24) is 5.32 Å². The van der Waals surface area contributed by atoms with E-state index >= 15 is 0 Å². The van der Waals surface area contributed by atoms with Crippen molar-refractivity contribution < 1.29 is 14.3 Å². The molecule has 1 aromatic rings. The molecule has 1 aromatic carbocycles. The van der Waals surface area contributed by atoms with Gasteiger partial charge in [-0.05, 0) is 25.5 Å². The monoisotopic (exact) mass is 236 g/mol. The van der Waals surface area contributed by atoms with Gasteiger partial charge in [-0.25, -0.2) is 4.79 Å². The van der Waals surface area contributed by atoms with Crippen molar-refractivity contribution >= 4 is 17.6 Å². The molecule has 0 aliphatic heterocycles. The highest BCUT2D eigenvalue weighted by Crippen LogP contribution is 2.17. The highest BCUT2D eigenvalue weighted by molar-refractivity contribution is 5.97. The predicted molar refractivity (Wildman–Crippen MR) is 64.5 cm³/mol. The number of anilines is 1. The highest BCUT2D eigenvalue weighted by Gasteiger charge is 2.19. The molecule has 0 aliphatic rings. The molecule has 0 spiro atoms. The summed E-state index contributed by atoms with van der Waals surface area (Å²) in [4.78, 5) is 23.0. The normalized spacial score (nSPS) is 11.7. The zero-order chi connectivity index (χ0) is 13.0. The molecule has 0 aliphatic carbocycles. The van der Waals surface area contributed by atoms with E-state index in [1.807, 2.05) is 0 Å². The van der Waals surface area contributed by atoms with Crippen LogP contribution in [0.3, 0.4) is 0 Å². The van der Waals surface area contributed by atoms with E-state index in [-0.39, 0.29) is 11.5 Å². The van der Waals surface area contributed by atoms with Gasteiger partial charge in [0, 0.05) is 12.7 Å². The summed E-state index contributed by atoms with van der Waals surface area (Å²) in [7, 11) is 1.48. The molecule has 0 heterocycles. The van der Waals surface area contributed by atoms with Crippen molar-refractivity contribution in [1.29, 1.82) is 0 Å². The minimum atomic E-state index is -0.840. The number of rotatable bonds is 3. The summed E-state index contributed by atoms with van der Waals surface area (Å²) in [6, 6.07) is 5.09. The molecule has 0 radical (unpaired) electrons. The van der Waals surface area contributed by atoms with Crippen LogP contribution in [0.1, 0.15) is 22.8 Å². The zero-order valence-corrected chi connectivity index (χ0v) is 10.1. The number of esters is 1. The average Bonchev–Trinajstić information content (AvgIpc) is 2.31. The molecule has 5 nitrogen and oxygen atoms in total. The fourth-order valence-corrected chi connectivity index (χ4v) is 1.34. The molecule has 0 saturated heterocycles. The molecule has 1 atom stereocenters. The van der Waals surface area contributed by atoms with Crippen LogP contribution in [0.5, 0.6) is 0 Å². The van der Waals surface area contributed by atoms with Crippen molar-refractivity contribution in [2.24, 2.45) is 0 Å². The molecule has 0 fully saturated rings. The number of aryl methyl sites for hydroxylation is 1. The van der Waals surface area contributed by atoms with E-state index in [1.165, 1.54) is 14.0 Å². The van der Waals surface area contributed by atoms with Crippen LogP contribution in [0.15, 0.2) is 18.2 Å². The summed E-state index contributed by atoms with van der Waals surface area (Å²) in [5.41, 5.74) is 7.22. The third-order valence-electron chi connectivity index (χ3n) is 2.44. The molecular formula is C12H16N2O3. The lowest BCUT2D eigenvalue weighted by molar-refractivity contribution is -0.128. The number of para-hydroxylation sites is 1. The van der Waals surface area contributed by atoms with Crippen molar-refractivity contribution in [2.45, 2.75) is 20.0 Å². The topological polar surface area (TPSA) is 81.4 Å². The highest BCUT2D eigenvalue weighted by atomic mass is 16.5. The molecule has 1 rings (SSSR count).